The molecular formula is C34H61O9PSi. The summed E-state index contributed by atoms with van der Waals surface area (Å²) in [7, 11) is -2.54. The van der Waals surface area contributed by atoms with Gasteiger partial charge in [0.05, 0.1) is 18.8 Å². The van der Waals surface area contributed by atoms with Crippen LogP contribution in [0.15, 0.2) is 24.0 Å². The number of phosphoric acid groups is 1. The summed E-state index contributed by atoms with van der Waals surface area (Å²) in [4.78, 5) is 0. The molecule has 260 valence electrons. The minimum absolute atomic E-state index is 0.0284. The average molecular weight is 673 g/mol. The minimum Gasteiger partial charge on any atom is -0.467 e. The molecule has 0 bridgehead atoms. The molecule has 0 N–H and O–H groups in total. The molecule has 45 heavy (non-hydrogen) atoms. The van der Waals surface area contributed by atoms with Gasteiger partial charge in [0.15, 0.2) is 21.9 Å². The van der Waals surface area contributed by atoms with Crippen LogP contribution in [0.5, 0.6) is 11.5 Å². The quantitative estimate of drug-likeness (QED) is 0.0488. The van der Waals surface area contributed by atoms with Gasteiger partial charge in [-0.2, -0.15) is 0 Å². The Balaban J connectivity index is 2.81. The summed E-state index contributed by atoms with van der Waals surface area (Å²) in [5, 5.41) is 0. The molecule has 0 heterocycles. The Morgan fingerprint density at radius 2 is 1.42 bits per heavy atom. The van der Waals surface area contributed by atoms with Gasteiger partial charge in [0.25, 0.3) is 0 Å². The number of rotatable bonds is 23. The Hall–Kier alpha value is -1.39. The van der Waals surface area contributed by atoms with Crippen LogP contribution in [0.25, 0.3) is 0 Å². The maximum absolute atomic E-state index is 13.5. The maximum Gasteiger partial charge on any atom is 0.529 e. The van der Waals surface area contributed by atoms with E-state index in [1.54, 1.807) is 28.1 Å². The first-order valence-corrected chi connectivity index (χ1v) is 20.9. The average Bonchev–Trinajstić information content (AvgIpc) is 3.01. The van der Waals surface area contributed by atoms with Crippen LogP contribution >= 0.6 is 7.82 Å². The van der Waals surface area contributed by atoms with Gasteiger partial charge in [0, 0.05) is 32.1 Å². The van der Waals surface area contributed by atoms with Crippen LogP contribution in [0, 0.1) is 5.92 Å². The summed E-state index contributed by atoms with van der Waals surface area (Å²) in [6.45, 7) is 17.5. The Bertz CT molecular complexity index is 1040. The van der Waals surface area contributed by atoms with Crippen molar-refractivity contribution in [2.45, 2.75) is 124 Å². The van der Waals surface area contributed by atoms with Gasteiger partial charge in [-0.3, -0.25) is 9.05 Å². The summed E-state index contributed by atoms with van der Waals surface area (Å²) in [6, 6.07) is 7.35. The van der Waals surface area contributed by atoms with Crippen LogP contribution < -0.4 is 9.47 Å². The summed E-state index contributed by atoms with van der Waals surface area (Å²) in [5.74, 6) is 1.69. The smallest absolute Gasteiger partial charge is 0.467 e. The molecule has 1 aromatic carbocycles. The molecule has 0 aromatic heterocycles. The second-order valence-corrected chi connectivity index (χ2v) is 18.5. The first kappa shape index (κ1) is 39.8. The second kappa shape index (κ2) is 19.4. The molecule has 1 aromatic rings. The topological polar surface area (TPSA) is 90.9 Å². The van der Waals surface area contributed by atoms with Crippen LogP contribution in [0.3, 0.4) is 0 Å². The van der Waals surface area contributed by atoms with Crippen molar-refractivity contribution < 1.29 is 41.5 Å². The summed E-state index contributed by atoms with van der Waals surface area (Å²) in [6.07, 6.45) is 7.58. The number of hydrogen-bond donors (Lipinski definition) is 0. The lowest BCUT2D eigenvalue weighted by atomic mass is 9.70. The van der Waals surface area contributed by atoms with Crippen molar-refractivity contribution in [2.24, 2.45) is 5.92 Å². The number of allylic oxidation sites excluding steroid dienone is 2. The molecular weight excluding hydrogens is 611 g/mol. The van der Waals surface area contributed by atoms with E-state index in [0.29, 0.717) is 23.7 Å². The van der Waals surface area contributed by atoms with Gasteiger partial charge in [0.1, 0.15) is 17.3 Å². The third-order valence-electron chi connectivity index (χ3n) is 8.84. The van der Waals surface area contributed by atoms with Crippen LogP contribution in [0.4, 0.5) is 0 Å². The lowest BCUT2D eigenvalue weighted by molar-refractivity contribution is 0.0124. The second-order valence-electron chi connectivity index (χ2n) is 12.2. The van der Waals surface area contributed by atoms with Crippen LogP contribution in [-0.2, 0) is 38.5 Å². The predicted molar refractivity (Wildman–Crippen MR) is 183 cm³/mol. The highest BCUT2D eigenvalue weighted by Crippen LogP contribution is 2.56. The maximum atomic E-state index is 13.5. The molecule has 2 atom stereocenters. The number of unbranched alkanes of at least 4 members (excludes halogenated alkanes) is 2. The number of ether oxygens (including phenoxy) is 4. The normalized spacial score (nSPS) is 17.7. The summed E-state index contributed by atoms with van der Waals surface area (Å²) >= 11 is 0. The van der Waals surface area contributed by atoms with Crippen molar-refractivity contribution in [1.29, 1.82) is 0 Å². The number of hydrogen-bond acceptors (Lipinski definition) is 9. The van der Waals surface area contributed by atoms with Gasteiger partial charge < -0.3 is 27.9 Å². The van der Waals surface area contributed by atoms with E-state index < -0.39 is 21.7 Å². The number of benzene rings is 1. The monoisotopic (exact) mass is 672 g/mol. The zero-order valence-corrected chi connectivity index (χ0v) is 31.6. The minimum atomic E-state index is -3.79. The predicted octanol–water partition coefficient (Wildman–Crippen LogP) is 9.76. The van der Waals surface area contributed by atoms with Gasteiger partial charge in [-0.25, -0.2) is 4.57 Å². The van der Waals surface area contributed by atoms with E-state index >= 15 is 0 Å². The van der Waals surface area contributed by atoms with Crippen molar-refractivity contribution in [1.82, 2.24) is 0 Å². The van der Waals surface area contributed by atoms with Crippen LogP contribution in [0.1, 0.15) is 105 Å². The van der Waals surface area contributed by atoms with E-state index in [4.69, 9.17) is 36.9 Å². The van der Waals surface area contributed by atoms with Crippen molar-refractivity contribution in [3.05, 3.63) is 35.1 Å². The SMILES string of the molecule is CCCCCc1cc(OCOC)c([C@@H]2C=C(OP(=O)(OCC)OCC)CC[C@H]2C(C)(C)O[Si](CC)(CC)CC)c(OCOC)c1. The van der Waals surface area contributed by atoms with E-state index in [-0.39, 0.29) is 38.6 Å². The third-order valence-corrected chi connectivity index (χ3v) is 15.3. The van der Waals surface area contributed by atoms with Gasteiger partial charge in [0.2, 0.25) is 0 Å². The van der Waals surface area contributed by atoms with Gasteiger partial charge in [-0.15, -0.1) is 0 Å². The van der Waals surface area contributed by atoms with Gasteiger partial charge in [-0.05, 0) is 94.8 Å². The lowest BCUT2D eigenvalue weighted by Crippen LogP contribution is -2.49. The fourth-order valence-electron chi connectivity index (χ4n) is 6.36. The number of methoxy groups -OCH3 is 2. The standard InChI is InChI=1S/C34H61O9PSi/c1-11-17-18-19-27-22-31(38-25-36-9)33(32(23-27)39-26-37-10)29-24-28(42-44(35,40-12-2)41-13-3)20-21-30(29)34(7,8)43-45(14-4,15-5)16-6/h22-24,29-30H,11-21,25-26H2,1-10H3/t29-,30-/m1/s1. The molecule has 1 aliphatic rings. The Kier molecular flexibility index (Phi) is 17.2. The molecule has 9 nitrogen and oxygen atoms in total. The number of phosphoric ester groups is 1. The van der Waals surface area contributed by atoms with Crippen molar-refractivity contribution in [3.63, 3.8) is 0 Å². The molecule has 2 rings (SSSR count). The first-order valence-electron chi connectivity index (χ1n) is 16.9. The van der Waals surface area contributed by atoms with E-state index in [1.807, 2.05) is 6.08 Å². The number of aryl methyl sites for hydroxylation is 1. The molecule has 0 saturated heterocycles. The highest BCUT2D eigenvalue weighted by Gasteiger charge is 2.46. The molecule has 0 aliphatic heterocycles. The largest absolute Gasteiger partial charge is 0.529 e. The van der Waals surface area contributed by atoms with Crippen molar-refractivity contribution in [2.75, 3.05) is 41.0 Å². The Morgan fingerprint density at radius 1 is 0.867 bits per heavy atom. The summed E-state index contributed by atoms with van der Waals surface area (Å²) < 4.78 is 61.2. The highest BCUT2D eigenvalue weighted by atomic mass is 31.2. The molecule has 0 radical (unpaired) electrons. The molecule has 1 aliphatic carbocycles. The van der Waals surface area contributed by atoms with Crippen molar-refractivity contribution >= 4 is 16.1 Å². The highest BCUT2D eigenvalue weighted by molar-refractivity contribution is 7.48. The van der Waals surface area contributed by atoms with E-state index in [9.17, 15) is 4.57 Å². The van der Waals surface area contributed by atoms with E-state index in [1.165, 1.54) is 0 Å². The first-order chi connectivity index (χ1) is 21.5. The van der Waals surface area contributed by atoms with Crippen molar-refractivity contribution in [3.8, 4) is 11.5 Å². The van der Waals surface area contributed by atoms with E-state index in [2.05, 4.69) is 53.7 Å². The lowest BCUT2D eigenvalue weighted by Gasteiger charge is -2.47. The van der Waals surface area contributed by atoms with Gasteiger partial charge in [-0.1, -0.05) is 40.5 Å². The van der Waals surface area contributed by atoms with Crippen LogP contribution in [-0.4, -0.2) is 54.9 Å². The Labute approximate surface area is 274 Å². The third kappa shape index (κ3) is 11.4. The molecule has 0 unspecified atom stereocenters. The van der Waals surface area contributed by atoms with Gasteiger partial charge >= 0.3 is 7.82 Å². The molecule has 11 heteroatoms. The molecule has 0 amide bonds. The Morgan fingerprint density at radius 3 is 1.89 bits per heavy atom. The van der Waals surface area contributed by atoms with E-state index in [0.717, 1.165) is 61.4 Å². The van der Waals surface area contributed by atoms with Crippen LogP contribution in [0.2, 0.25) is 18.1 Å². The zero-order chi connectivity index (χ0) is 33.5. The zero-order valence-electron chi connectivity index (χ0n) is 29.7. The fourth-order valence-corrected chi connectivity index (χ4v) is 10.8. The molecule has 0 saturated carbocycles. The fraction of sp³-hybridized carbons (Fsp3) is 0.765. The molecule has 0 spiro atoms. The summed E-state index contributed by atoms with van der Waals surface area (Å²) in [5.41, 5.74) is 1.51. The molecule has 0 fully saturated rings.